The van der Waals surface area contributed by atoms with Crippen LogP contribution in [0.3, 0.4) is 0 Å². The molecule has 0 radical (unpaired) electrons. The number of carbonyl (C=O) groups is 2. The Morgan fingerprint density at radius 2 is 1.83 bits per heavy atom. The van der Waals surface area contributed by atoms with E-state index in [4.69, 9.17) is 0 Å². The third-order valence-electron chi connectivity index (χ3n) is 6.15. The lowest BCUT2D eigenvalue weighted by molar-refractivity contribution is -0.117. The van der Waals surface area contributed by atoms with E-state index in [-0.39, 0.29) is 24.1 Å². The summed E-state index contributed by atoms with van der Waals surface area (Å²) in [6.45, 7) is 2.87. The van der Waals surface area contributed by atoms with Crippen LogP contribution >= 0.6 is 12.4 Å². The highest BCUT2D eigenvalue weighted by atomic mass is 35.5. The number of carbonyl (C=O) groups excluding carboxylic acids is 2. The molecule has 2 aliphatic rings. The predicted octanol–water partition coefficient (Wildman–Crippen LogP) is 4.47. The first-order chi connectivity index (χ1) is 14.1. The molecule has 2 aromatic carbocycles. The number of amides is 1. The predicted molar refractivity (Wildman–Crippen MR) is 124 cm³/mol. The lowest BCUT2D eigenvalue weighted by Gasteiger charge is -2.25. The van der Waals surface area contributed by atoms with E-state index in [2.05, 4.69) is 36.2 Å². The number of ketones is 1. The topological polar surface area (TPSA) is 40.6 Å². The first kappa shape index (κ1) is 22.5. The summed E-state index contributed by atoms with van der Waals surface area (Å²) >= 11 is 0. The molecule has 4 rings (SSSR count). The molecule has 0 fully saturated rings. The van der Waals surface area contributed by atoms with Gasteiger partial charge in [0.15, 0.2) is 5.78 Å². The van der Waals surface area contributed by atoms with Crippen molar-refractivity contribution in [3.8, 4) is 0 Å². The number of aryl methyl sites for hydroxylation is 1. The average molecular weight is 427 g/mol. The summed E-state index contributed by atoms with van der Waals surface area (Å²) < 4.78 is 0. The Labute approximate surface area is 185 Å². The van der Waals surface area contributed by atoms with Crippen molar-refractivity contribution in [1.29, 1.82) is 0 Å². The molecule has 4 nitrogen and oxygen atoms in total. The Balaban J connectivity index is 0.00000256. The summed E-state index contributed by atoms with van der Waals surface area (Å²) in [5, 5.41) is 0. The Hall–Kier alpha value is -2.17. The van der Waals surface area contributed by atoms with Crippen molar-refractivity contribution < 1.29 is 9.59 Å². The number of likely N-dealkylation sites (N-methyl/N-ethyl adjacent to an activating group) is 1. The number of nitrogens with zero attached hydrogens (tertiary/aromatic N) is 2. The van der Waals surface area contributed by atoms with Crippen molar-refractivity contribution in [2.75, 3.05) is 31.6 Å². The van der Waals surface area contributed by atoms with Crippen LogP contribution in [0.25, 0.3) is 0 Å². The van der Waals surface area contributed by atoms with E-state index in [0.29, 0.717) is 12.8 Å². The maximum atomic E-state index is 12.7. The van der Waals surface area contributed by atoms with E-state index in [1.54, 1.807) is 0 Å². The summed E-state index contributed by atoms with van der Waals surface area (Å²) in [6.07, 6.45) is 6.00. The van der Waals surface area contributed by atoms with E-state index in [9.17, 15) is 9.59 Å². The minimum Gasteiger partial charge on any atom is -0.312 e. The minimum atomic E-state index is 0. The molecule has 0 unspecified atom stereocenters. The Morgan fingerprint density at radius 3 is 2.63 bits per heavy atom. The first-order valence-corrected chi connectivity index (χ1v) is 10.8. The monoisotopic (exact) mass is 426 g/mol. The molecule has 0 N–H and O–H groups in total. The van der Waals surface area contributed by atoms with Gasteiger partial charge in [-0.2, -0.15) is 0 Å². The zero-order valence-electron chi connectivity index (χ0n) is 17.7. The molecule has 0 aliphatic carbocycles. The summed E-state index contributed by atoms with van der Waals surface area (Å²) in [4.78, 5) is 29.2. The molecule has 2 heterocycles. The largest absolute Gasteiger partial charge is 0.312 e. The number of anilines is 1. The number of halogens is 1. The van der Waals surface area contributed by atoms with Crippen molar-refractivity contribution in [3.05, 3.63) is 64.7 Å². The average Bonchev–Trinajstić information content (AvgIpc) is 3.07. The minimum absolute atomic E-state index is 0. The quantitative estimate of drug-likeness (QED) is 0.438. The zero-order valence-corrected chi connectivity index (χ0v) is 18.5. The number of unbranched alkanes of at least 4 members (excludes halogenated alkanes) is 1. The Morgan fingerprint density at radius 1 is 1.07 bits per heavy atom. The molecule has 0 saturated heterocycles. The van der Waals surface area contributed by atoms with Crippen LogP contribution in [0, 0.1) is 0 Å². The van der Waals surface area contributed by atoms with Crippen LogP contribution < -0.4 is 4.90 Å². The number of rotatable bonds is 9. The van der Waals surface area contributed by atoms with E-state index >= 15 is 0 Å². The van der Waals surface area contributed by atoms with Gasteiger partial charge in [-0.3, -0.25) is 9.59 Å². The molecular formula is C25H31ClN2O2. The summed E-state index contributed by atoms with van der Waals surface area (Å²) in [6, 6.07) is 14.6. The molecule has 30 heavy (non-hydrogen) atoms. The number of benzene rings is 2. The first-order valence-electron chi connectivity index (χ1n) is 10.8. The second kappa shape index (κ2) is 10.2. The third kappa shape index (κ3) is 5.11. The molecule has 2 aromatic rings. The molecule has 0 atom stereocenters. The lowest BCUT2D eigenvalue weighted by Crippen LogP contribution is -2.31. The second-order valence-electron chi connectivity index (χ2n) is 8.39. The molecule has 0 aromatic heterocycles. The highest BCUT2D eigenvalue weighted by Gasteiger charge is 2.32. The maximum Gasteiger partial charge on any atom is 0.231 e. The van der Waals surface area contributed by atoms with Crippen LogP contribution in [-0.4, -0.2) is 43.3 Å². The fourth-order valence-corrected chi connectivity index (χ4v) is 4.53. The molecule has 5 heteroatoms. The van der Waals surface area contributed by atoms with Gasteiger partial charge in [0.25, 0.3) is 0 Å². The molecule has 1 amide bonds. The third-order valence-corrected chi connectivity index (χ3v) is 6.15. The summed E-state index contributed by atoms with van der Waals surface area (Å²) in [5.41, 5.74) is 5.50. The van der Waals surface area contributed by atoms with Crippen molar-refractivity contribution in [2.24, 2.45) is 0 Å². The second-order valence-corrected chi connectivity index (χ2v) is 8.39. The van der Waals surface area contributed by atoms with E-state index in [1.807, 2.05) is 23.1 Å². The number of hydrogen-bond acceptors (Lipinski definition) is 3. The van der Waals surface area contributed by atoms with Gasteiger partial charge in [0.1, 0.15) is 0 Å². The molecular weight excluding hydrogens is 396 g/mol. The Bertz CT molecular complexity index is 898. The van der Waals surface area contributed by atoms with Gasteiger partial charge in [0.2, 0.25) is 5.91 Å². The smallest absolute Gasteiger partial charge is 0.231 e. The molecule has 160 valence electrons. The van der Waals surface area contributed by atoms with Gasteiger partial charge in [-0.05, 0) is 74.5 Å². The van der Waals surface area contributed by atoms with E-state index < -0.39 is 0 Å². The molecule has 2 aliphatic heterocycles. The fraction of sp³-hybridized carbons (Fsp3) is 0.440. The van der Waals surface area contributed by atoms with Crippen LogP contribution in [0.1, 0.15) is 52.7 Å². The fourth-order valence-electron chi connectivity index (χ4n) is 4.53. The highest BCUT2D eigenvalue weighted by Crippen LogP contribution is 2.37. The van der Waals surface area contributed by atoms with Crippen molar-refractivity contribution in [1.82, 2.24) is 4.90 Å². The maximum absolute atomic E-state index is 12.7. The van der Waals surface area contributed by atoms with Crippen molar-refractivity contribution in [2.45, 2.75) is 44.9 Å². The van der Waals surface area contributed by atoms with Gasteiger partial charge in [0.05, 0.1) is 12.1 Å². The van der Waals surface area contributed by atoms with Crippen LogP contribution in [0.4, 0.5) is 5.69 Å². The van der Waals surface area contributed by atoms with E-state index in [1.165, 1.54) is 11.1 Å². The lowest BCUT2D eigenvalue weighted by atomic mass is 9.94. The summed E-state index contributed by atoms with van der Waals surface area (Å²) in [5.74, 6) is 0.400. The van der Waals surface area contributed by atoms with Crippen LogP contribution in [0.2, 0.25) is 0 Å². The summed E-state index contributed by atoms with van der Waals surface area (Å²) in [7, 11) is 2.15. The van der Waals surface area contributed by atoms with Crippen molar-refractivity contribution in [3.63, 3.8) is 0 Å². The normalized spacial score (nSPS) is 14.6. The van der Waals surface area contributed by atoms with E-state index in [0.717, 1.165) is 68.6 Å². The van der Waals surface area contributed by atoms with Crippen LogP contribution in [0.15, 0.2) is 42.5 Å². The van der Waals surface area contributed by atoms with Gasteiger partial charge < -0.3 is 9.80 Å². The molecule has 0 bridgehead atoms. The van der Waals surface area contributed by atoms with Gasteiger partial charge >= 0.3 is 0 Å². The highest BCUT2D eigenvalue weighted by molar-refractivity contribution is 6.05. The molecule has 0 spiro atoms. The van der Waals surface area contributed by atoms with Crippen LogP contribution in [-0.2, 0) is 24.1 Å². The zero-order chi connectivity index (χ0) is 20.2. The Kier molecular flexibility index (Phi) is 7.68. The van der Waals surface area contributed by atoms with Crippen LogP contribution in [0.5, 0.6) is 0 Å². The van der Waals surface area contributed by atoms with Gasteiger partial charge in [0, 0.05) is 25.1 Å². The number of hydrogen-bond donors (Lipinski definition) is 0. The van der Waals surface area contributed by atoms with Gasteiger partial charge in [-0.25, -0.2) is 0 Å². The SMILES string of the molecule is CN(CCCCC(=O)c1cc2c3c(c1)CC(=O)N3CCC2)CCc1ccccc1.Cl. The van der Waals surface area contributed by atoms with Gasteiger partial charge in [-0.1, -0.05) is 30.3 Å². The van der Waals surface area contributed by atoms with Crippen molar-refractivity contribution >= 4 is 29.8 Å². The molecule has 0 saturated carbocycles. The standard InChI is InChI=1S/C25H30N2O2.ClH/c1-26(15-12-19-8-3-2-4-9-19)13-6-5-11-23(28)21-16-20-10-7-14-27-24(29)18-22(17-21)25(20)27;/h2-4,8-9,16-17H,5-7,10-15,18H2,1H3;1H. The number of Topliss-reactive ketones (excluding diaryl/α,β-unsaturated/α-hetero) is 1. The van der Waals surface area contributed by atoms with Gasteiger partial charge in [-0.15, -0.1) is 12.4 Å².